The van der Waals surface area contributed by atoms with Gasteiger partial charge in [-0.15, -0.1) is 0 Å². The van der Waals surface area contributed by atoms with Crippen molar-refractivity contribution in [3.63, 3.8) is 0 Å². The molecule has 1 saturated carbocycles. The highest BCUT2D eigenvalue weighted by molar-refractivity contribution is 7.87. The van der Waals surface area contributed by atoms with Crippen LogP contribution in [0.1, 0.15) is 96.3 Å². The van der Waals surface area contributed by atoms with Crippen LogP contribution in [0.15, 0.2) is 0 Å². The van der Waals surface area contributed by atoms with Gasteiger partial charge in [0.2, 0.25) is 0 Å². The zero-order valence-electron chi connectivity index (χ0n) is 19.7. The average Bonchev–Trinajstić information content (AvgIpc) is 3.17. The van der Waals surface area contributed by atoms with Crippen molar-refractivity contribution in [2.45, 2.75) is 107 Å². The van der Waals surface area contributed by atoms with Gasteiger partial charge in [0.1, 0.15) is 0 Å². The van der Waals surface area contributed by atoms with Crippen molar-refractivity contribution < 1.29 is 51.5 Å². The van der Waals surface area contributed by atoms with E-state index in [-0.39, 0.29) is 12.8 Å². The third kappa shape index (κ3) is 13.0. The van der Waals surface area contributed by atoms with Gasteiger partial charge in [-0.2, -0.15) is 43.2 Å². The molecule has 1 aliphatic rings. The molecule has 2 atom stereocenters. The summed E-state index contributed by atoms with van der Waals surface area (Å²) in [4.78, 5) is 0. The predicted octanol–water partition coefficient (Wildman–Crippen LogP) is 6.82. The minimum Gasteiger partial charge on any atom is -0.263 e. The van der Waals surface area contributed by atoms with E-state index in [0.29, 0.717) is 24.7 Å². The number of halogens is 6. The Morgan fingerprint density at radius 1 is 0.543 bits per heavy atom. The highest BCUT2D eigenvalue weighted by Crippen LogP contribution is 2.37. The Kier molecular flexibility index (Phi) is 13.9. The first-order valence-corrected chi connectivity index (χ1v) is 14.9. The number of rotatable bonds is 18. The molecule has 0 aromatic heterocycles. The van der Waals surface area contributed by atoms with E-state index < -0.39 is 44.5 Å². The summed E-state index contributed by atoms with van der Waals surface area (Å²) in [5.74, 6) is 1.35. The fraction of sp³-hybridized carbons (Fsp3) is 1.00. The fourth-order valence-corrected chi connectivity index (χ4v) is 5.25. The van der Waals surface area contributed by atoms with Gasteiger partial charge in [0, 0.05) is 0 Å². The summed E-state index contributed by atoms with van der Waals surface area (Å²) in [7, 11) is -11.0. The molecule has 14 heteroatoms. The van der Waals surface area contributed by atoms with E-state index in [1.807, 2.05) is 0 Å². The molecule has 0 N–H and O–H groups in total. The van der Waals surface area contributed by atoms with Gasteiger partial charge in [-0.1, -0.05) is 77.0 Å². The Morgan fingerprint density at radius 2 is 0.857 bits per heavy atom. The van der Waals surface area contributed by atoms with Crippen LogP contribution in [-0.4, -0.2) is 41.1 Å². The molecule has 6 nitrogen and oxygen atoms in total. The first-order chi connectivity index (χ1) is 16.2. The van der Waals surface area contributed by atoms with Crippen LogP contribution >= 0.6 is 0 Å². The summed E-state index contributed by atoms with van der Waals surface area (Å²) >= 11 is 0. The lowest BCUT2D eigenvalue weighted by molar-refractivity contribution is -0.0547. The summed E-state index contributed by atoms with van der Waals surface area (Å²) in [6, 6.07) is 0. The van der Waals surface area contributed by atoms with Gasteiger partial charge in [-0.3, -0.25) is 8.37 Å². The Balaban J connectivity index is 1.96. The van der Waals surface area contributed by atoms with Gasteiger partial charge in [0.15, 0.2) is 0 Å². The van der Waals surface area contributed by atoms with Crippen LogP contribution in [0, 0.1) is 11.8 Å². The van der Waals surface area contributed by atoms with Gasteiger partial charge in [-0.05, 0) is 31.1 Å². The summed E-state index contributed by atoms with van der Waals surface area (Å²) in [5, 5.41) is 0. The van der Waals surface area contributed by atoms with Crippen molar-refractivity contribution in [3.8, 4) is 0 Å². The summed E-state index contributed by atoms with van der Waals surface area (Å²) in [5.41, 5.74) is -10.8. The SMILES string of the molecule is O=S(=O)(OCCCCCCC[C@@H]1CC[C@H](CCCCCCCOS(=O)(=O)C(F)(F)F)C1)C(F)(F)F. The molecule has 0 saturated heterocycles. The lowest BCUT2D eigenvalue weighted by atomic mass is 9.95. The molecular weight excluding hydrogens is 526 g/mol. The van der Waals surface area contributed by atoms with Crippen LogP contribution < -0.4 is 0 Å². The molecule has 210 valence electrons. The summed E-state index contributed by atoms with van der Waals surface area (Å²) < 4.78 is 124. The molecule has 1 rings (SSSR count). The van der Waals surface area contributed by atoms with Gasteiger partial charge in [-0.25, -0.2) is 0 Å². The lowest BCUT2D eigenvalue weighted by Crippen LogP contribution is -2.25. The van der Waals surface area contributed by atoms with E-state index in [4.69, 9.17) is 0 Å². The van der Waals surface area contributed by atoms with Crippen molar-refractivity contribution in [3.05, 3.63) is 0 Å². The zero-order chi connectivity index (χ0) is 26.6. The molecule has 0 bridgehead atoms. The molecule has 0 unspecified atom stereocenters. The van der Waals surface area contributed by atoms with E-state index in [9.17, 15) is 43.2 Å². The Labute approximate surface area is 204 Å². The zero-order valence-corrected chi connectivity index (χ0v) is 21.3. The van der Waals surface area contributed by atoms with Crippen molar-refractivity contribution in [2.24, 2.45) is 11.8 Å². The highest BCUT2D eigenvalue weighted by atomic mass is 32.2. The second-order valence-electron chi connectivity index (χ2n) is 9.10. The molecular formula is C21H36F6O6S2. The monoisotopic (exact) mass is 562 g/mol. The number of hydrogen-bond donors (Lipinski definition) is 0. The fourth-order valence-electron chi connectivity index (χ4n) is 4.30. The summed E-state index contributed by atoms with van der Waals surface area (Å²) in [6.45, 7) is -0.917. The maximum absolute atomic E-state index is 12.1. The van der Waals surface area contributed by atoms with Crippen molar-refractivity contribution in [1.82, 2.24) is 0 Å². The standard InChI is InChI=1S/C21H36F6O6S2/c22-20(23,24)34(28,29)32-15-9-5-1-3-7-11-18-13-14-19(17-18)12-8-4-2-6-10-16-33-35(30,31)21(25,26)27/h18-19H,1-17H2/t18-,19+. The maximum atomic E-state index is 12.1. The smallest absolute Gasteiger partial charge is 0.263 e. The van der Waals surface area contributed by atoms with E-state index >= 15 is 0 Å². The highest BCUT2D eigenvalue weighted by Gasteiger charge is 2.47. The van der Waals surface area contributed by atoms with Crippen LogP contribution in [0.3, 0.4) is 0 Å². The van der Waals surface area contributed by atoms with E-state index in [2.05, 4.69) is 8.37 Å². The average molecular weight is 563 g/mol. The van der Waals surface area contributed by atoms with Gasteiger partial charge in [0.25, 0.3) is 0 Å². The third-order valence-corrected chi connectivity index (χ3v) is 8.29. The Morgan fingerprint density at radius 3 is 1.20 bits per heavy atom. The van der Waals surface area contributed by atoms with E-state index in [1.54, 1.807) is 0 Å². The van der Waals surface area contributed by atoms with Crippen LogP contribution in [0.25, 0.3) is 0 Å². The van der Waals surface area contributed by atoms with Crippen LogP contribution in [0.4, 0.5) is 26.3 Å². The maximum Gasteiger partial charge on any atom is 0.523 e. The molecule has 1 fully saturated rings. The number of alkyl halides is 6. The number of hydrogen-bond acceptors (Lipinski definition) is 6. The largest absolute Gasteiger partial charge is 0.523 e. The molecule has 0 spiro atoms. The summed E-state index contributed by atoms with van der Waals surface area (Å²) in [6.07, 6.45) is 13.1. The van der Waals surface area contributed by atoms with Crippen molar-refractivity contribution in [2.75, 3.05) is 13.2 Å². The normalized spacial score (nSPS) is 19.9. The molecule has 0 amide bonds. The van der Waals surface area contributed by atoms with Gasteiger partial charge in [0.05, 0.1) is 13.2 Å². The minimum absolute atomic E-state index is 0.264. The Bertz CT molecular complexity index is 730. The molecule has 35 heavy (non-hydrogen) atoms. The predicted molar refractivity (Wildman–Crippen MR) is 118 cm³/mol. The second-order valence-corrected chi connectivity index (χ2v) is 12.3. The van der Waals surface area contributed by atoms with Crippen molar-refractivity contribution in [1.29, 1.82) is 0 Å². The topological polar surface area (TPSA) is 86.7 Å². The minimum atomic E-state index is -5.49. The van der Waals surface area contributed by atoms with E-state index in [1.165, 1.54) is 19.3 Å². The molecule has 1 aliphatic carbocycles. The van der Waals surface area contributed by atoms with Crippen molar-refractivity contribution >= 4 is 20.2 Å². The molecule has 0 heterocycles. The second kappa shape index (κ2) is 15.0. The Hall–Kier alpha value is -0.600. The first-order valence-electron chi connectivity index (χ1n) is 12.1. The molecule has 0 radical (unpaired) electrons. The number of unbranched alkanes of at least 4 members (excludes halogenated alkanes) is 8. The van der Waals surface area contributed by atoms with Crippen LogP contribution in [0.2, 0.25) is 0 Å². The van der Waals surface area contributed by atoms with Crippen LogP contribution in [0.5, 0.6) is 0 Å². The first kappa shape index (κ1) is 32.4. The van der Waals surface area contributed by atoms with Gasteiger partial charge >= 0.3 is 31.3 Å². The molecule has 0 aromatic rings. The van der Waals surface area contributed by atoms with Gasteiger partial charge < -0.3 is 0 Å². The molecule has 0 aromatic carbocycles. The lowest BCUT2D eigenvalue weighted by Gasteiger charge is -2.12. The molecule has 0 aliphatic heterocycles. The van der Waals surface area contributed by atoms with E-state index in [0.717, 1.165) is 51.4 Å². The van der Waals surface area contributed by atoms with Crippen LogP contribution in [-0.2, 0) is 28.6 Å². The quantitative estimate of drug-likeness (QED) is 0.0789. The third-order valence-electron chi connectivity index (χ3n) is 6.21.